The number of unbranched alkanes of at least 4 members (excludes halogenated alkanes) is 1. The monoisotopic (exact) mass is 289 g/mol. The van der Waals surface area contributed by atoms with Crippen LogP contribution in [0.15, 0.2) is 6.07 Å². The number of rotatable bonds is 4. The molecule has 2 saturated heterocycles. The van der Waals surface area contributed by atoms with Gasteiger partial charge in [0.15, 0.2) is 0 Å². The first kappa shape index (κ1) is 14.8. The highest BCUT2D eigenvalue weighted by Gasteiger charge is 2.40. The molecular weight excluding hydrogens is 262 g/mol. The molecule has 4 heteroatoms. The quantitative estimate of drug-likeness (QED) is 0.853. The van der Waals surface area contributed by atoms with Crippen molar-refractivity contribution in [3.05, 3.63) is 17.6 Å². The molecule has 1 aromatic heterocycles. The van der Waals surface area contributed by atoms with Crippen molar-refractivity contribution in [2.45, 2.75) is 52.4 Å². The topological polar surface area (TPSA) is 38.2 Å². The highest BCUT2D eigenvalue weighted by Crippen LogP contribution is 2.39. The molecule has 0 radical (unpaired) electrons. The Hall–Kier alpha value is -1.16. The van der Waals surface area contributed by atoms with Crippen molar-refractivity contribution in [1.29, 1.82) is 0 Å². The lowest BCUT2D eigenvalue weighted by atomic mass is 9.82. The molecule has 0 amide bonds. The normalized spacial score (nSPS) is 25.7. The second kappa shape index (κ2) is 6.30. The zero-order valence-electron chi connectivity index (χ0n) is 13.4. The van der Waals surface area contributed by atoms with E-state index in [0.717, 1.165) is 50.1 Å². The van der Waals surface area contributed by atoms with E-state index in [2.05, 4.69) is 29.8 Å². The summed E-state index contributed by atoms with van der Waals surface area (Å²) in [5.41, 5.74) is 1.47. The first-order valence-corrected chi connectivity index (χ1v) is 8.38. The van der Waals surface area contributed by atoms with E-state index in [0.29, 0.717) is 5.41 Å². The van der Waals surface area contributed by atoms with E-state index < -0.39 is 0 Å². The first-order chi connectivity index (χ1) is 10.2. The Morgan fingerprint density at radius 3 is 3.00 bits per heavy atom. The van der Waals surface area contributed by atoms with Gasteiger partial charge in [0.1, 0.15) is 11.6 Å². The van der Waals surface area contributed by atoms with Gasteiger partial charge in [-0.25, -0.2) is 9.97 Å². The number of anilines is 1. The summed E-state index contributed by atoms with van der Waals surface area (Å²) in [5, 5.41) is 0. The molecule has 2 aliphatic rings. The zero-order valence-corrected chi connectivity index (χ0v) is 13.4. The van der Waals surface area contributed by atoms with E-state index in [1.54, 1.807) is 0 Å². The number of hydrogen-bond acceptors (Lipinski definition) is 4. The van der Waals surface area contributed by atoms with Gasteiger partial charge in [-0.15, -0.1) is 0 Å². The van der Waals surface area contributed by atoms with Crippen LogP contribution in [0.1, 0.15) is 50.5 Å². The second-order valence-electron chi connectivity index (χ2n) is 6.72. The molecule has 1 spiro atoms. The smallest absolute Gasteiger partial charge is 0.132 e. The first-order valence-electron chi connectivity index (χ1n) is 8.38. The van der Waals surface area contributed by atoms with Gasteiger partial charge in [0.2, 0.25) is 0 Å². The molecule has 4 nitrogen and oxygen atoms in total. The molecule has 0 aliphatic carbocycles. The van der Waals surface area contributed by atoms with Crippen LogP contribution in [0.4, 0.5) is 5.82 Å². The molecule has 21 heavy (non-hydrogen) atoms. The summed E-state index contributed by atoms with van der Waals surface area (Å²) in [6.45, 7) is 8.36. The van der Waals surface area contributed by atoms with E-state index >= 15 is 0 Å². The van der Waals surface area contributed by atoms with Crippen molar-refractivity contribution in [3.8, 4) is 0 Å². The third-order valence-electron chi connectivity index (χ3n) is 4.81. The van der Waals surface area contributed by atoms with Crippen molar-refractivity contribution in [2.75, 3.05) is 31.2 Å². The van der Waals surface area contributed by atoms with Crippen molar-refractivity contribution >= 4 is 5.82 Å². The molecule has 116 valence electrons. The molecule has 1 aromatic rings. The molecule has 0 aromatic carbocycles. The summed E-state index contributed by atoms with van der Waals surface area (Å²) >= 11 is 0. The van der Waals surface area contributed by atoms with Gasteiger partial charge in [0.25, 0.3) is 0 Å². The number of aryl methyl sites for hydroxylation is 2. The van der Waals surface area contributed by atoms with Gasteiger partial charge in [-0.3, -0.25) is 0 Å². The fourth-order valence-electron chi connectivity index (χ4n) is 3.58. The molecule has 0 N–H and O–H groups in total. The maximum atomic E-state index is 5.73. The maximum absolute atomic E-state index is 5.73. The van der Waals surface area contributed by atoms with Gasteiger partial charge in [0.05, 0.1) is 6.61 Å². The van der Waals surface area contributed by atoms with Crippen LogP contribution in [-0.4, -0.2) is 36.3 Å². The third-order valence-corrected chi connectivity index (χ3v) is 4.81. The van der Waals surface area contributed by atoms with Gasteiger partial charge >= 0.3 is 0 Å². The Bertz CT molecular complexity index is 483. The van der Waals surface area contributed by atoms with Crippen LogP contribution in [0.3, 0.4) is 0 Å². The summed E-state index contributed by atoms with van der Waals surface area (Å²) in [5.74, 6) is 2.13. The van der Waals surface area contributed by atoms with Crippen molar-refractivity contribution < 1.29 is 4.74 Å². The molecule has 3 heterocycles. The Morgan fingerprint density at radius 1 is 1.33 bits per heavy atom. The third kappa shape index (κ3) is 3.37. The average molecular weight is 289 g/mol. The lowest BCUT2D eigenvalue weighted by Crippen LogP contribution is -2.35. The average Bonchev–Trinajstić information content (AvgIpc) is 2.89. The Kier molecular flexibility index (Phi) is 4.43. The Balaban J connectivity index is 1.73. The summed E-state index contributed by atoms with van der Waals surface area (Å²) in [6.07, 6.45) is 7.10. The number of aromatic nitrogens is 2. The molecule has 0 bridgehead atoms. The summed E-state index contributed by atoms with van der Waals surface area (Å²) in [7, 11) is 0. The minimum Gasteiger partial charge on any atom is -0.381 e. The van der Waals surface area contributed by atoms with Crippen LogP contribution in [0.25, 0.3) is 0 Å². The van der Waals surface area contributed by atoms with Crippen LogP contribution in [0, 0.1) is 12.3 Å². The van der Waals surface area contributed by atoms with E-state index in [9.17, 15) is 0 Å². The predicted molar refractivity (Wildman–Crippen MR) is 84.7 cm³/mol. The summed E-state index contributed by atoms with van der Waals surface area (Å²) in [6, 6.07) is 2.14. The Morgan fingerprint density at radius 2 is 2.24 bits per heavy atom. The molecule has 3 rings (SSSR count). The predicted octanol–water partition coefficient (Wildman–Crippen LogP) is 3.13. The number of hydrogen-bond donors (Lipinski definition) is 0. The van der Waals surface area contributed by atoms with E-state index in [1.807, 2.05) is 0 Å². The zero-order chi connectivity index (χ0) is 14.7. The van der Waals surface area contributed by atoms with Crippen molar-refractivity contribution in [3.63, 3.8) is 0 Å². The number of ether oxygens (including phenoxy) is 1. The highest BCUT2D eigenvalue weighted by molar-refractivity contribution is 5.41. The molecule has 1 unspecified atom stereocenters. The lowest BCUT2D eigenvalue weighted by Gasteiger charge is -2.33. The standard InChI is InChI=1S/C17H27N3O/c1-3-4-6-15-18-14(2)11-16(19-15)20-9-8-17(12-20)7-5-10-21-13-17/h11H,3-10,12-13H2,1-2H3. The van der Waals surface area contributed by atoms with Crippen LogP contribution in [-0.2, 0) is 11.2 Å². The van der Waals surface area contributed by atoms with Crippen molar-refractivity contribution in [1.82, 2.24) is 9.97 Å². The number of nitrogens with zero attached hydrogens (tertiary/aromatic N) is 3. The molecule has 1 atom stereocenters. The fraction of sp³-hybridized carbons (Fsp3) is 0.765. The SMILES string of the molecule is CCCCc1nc(C)cc(N2CCC3(CCCOC3)C2)n1. The second-order valence-corrected chi connectivity index (χ2v) is 6.72. The maximum Gasteiger partial charge on any atom is 0.132 e. The fourth-order valence-corrected chi connectivity index (χ4v) is 3.58. The lowest BCUT2D eigenvalue weighted by molar-refractivity contribution is 0.00437. The molecule has 0 saturated carbocycles. The van der Waals surface area contributed by atoms with Crippen LogP contribution < -0.4 is 4.90 Å². The van der Waals surface area contributed by atoms with Crippen molar-refractivity contribution in [2.24, 2.45) is 5.41 Å². The largest absolute Gasteiger partial charge is 0.381 e. The molecule has 2 fully saturated rings. The van der Waals surface area contributed by atoms with E-state index in [4.69, 9.17) is 9.72 Å². The van der Waals surface area contributed by atoms with Gasteiger partial charge in [-0.2, -0.15) is 0 Å². The van der Waals surface area contributed by atoms with E-state index in [1.165, 1.54) is 32.1 Å². The highest BCUT2D eigenvalue weighted by atomic mass is 16.5. The minimum absolute atomic E-state index is 0.376. The van der Waals surface area contributed by atoms with Gasteiger partial charge < -0.3 is 9.64 Å². The van der Waals surface area contributed by atoms with Crippen LogP contribution in [0.5, 0.6) is 0 Å². The summed E-state index contributed by atoms with van der Waals surface area (Å²) in [4.78, 5) is 11.8. The molecule has 2 aliphatic heterocycles. The Labute approximate surface area is 127 Å². The van der Waals surface area contributed by atoms with Gasteiger partial charge in [-0.1, -0.05) is 13.3 Å². The molecular formula is C17H27N3O. The minimum atomic E-state index is 0.376. The van der Waals surface area contributed by atoms with Gasteiger partial charge in [-0.05, 0) is 32.6 Å². The van der Waals surface area contributed by atoms with E-state index in [-0.39, 0.29) is 0 Å². The van der Waals surface area contributed by atoms with Crippen LogP contribution >= 0.6 is 0 Å². The van der Waals surface area contributed by atoms with Crippen LogP contribution in [0.2, 0.25) is 0 Å². The summed E-state index contributed by atoms with van der Waals surface area (Å²) < 4.78 is 5.73. The van der Waals surface area contributed by atoms with Gasteiger partial charge in [0, 0.05) is 43.3 Å².